The molecule has 0 aromatic rings. The molecule has 0 radical (unpaired) electrons. The number of piperidine rings is 1. The first kappa shape index (κ1) is 16.2. The molecule has 0 unspecified atom stereocenters. The van der Waals surface area contributed by atoms with E-state index in [1.165, 1.54) is 6.08 Å². The Morgan fingerprint density at radius 3 is 2.84 bits per heavy atom. The normalized spacial score (nSPS) is 22.9. The number of ether oxygens (including phenoxy) is 2. The summed E-state index contributed by atoms with van der Waals surface area (Å²) < 4.78 is 10.5. The predicted octanol–water partition coefficient (Wildman–Crippen LogP) is 2.14. The second kappa shape index (κ2) is 8.32. The van der Waals surface area contributed by atoms with E-state index in [9.17, 15) is 9.59 Å². The topological polar surface area (TPSA) is 55.8 Å². The lowest BCUT2D eigenvalue weighted by atomic mass is 9.95. The van der Waals surface area contributed by atoms with Crippen LogP contribution in [0.1, 0.15) is 19.3 Å². The van der Waals surface area contributed by atoms with Crippen molar-refractivity contribution >= 4 is 27.8 Å². The third kappa shape index (κ3) is 4.62. The maximum Gasteiger partial charge on any atom is 0.410 e. The summed E-state index contributed by atoms with van der Waals surface area (Å²) in [5.41, 5.74) is 0. The number of rotatable bonds is 6. The highest BCUT2D eigenvalue weighted by Gasteiger charge is 2.36. The van der Waals surface area contributed by atoms with Crippen molar-refractivity contribution in [2.75, 3.05) is 25.6 Å². The molecular formula is C13H20BrNO4. The number of hydrogen-bond acceptors (Lipinski definition) is 4. The zero-order chi connectivity index (χ0) is 14.3. The van der Waals surface area contributed by atoms with Gasteiger partial charge in [-0.15, -0.1) is 0 Å². The zero-order valence-electron chi connectivity index (χ0n) is 11.1. The van der Waals surface area contributed by atoms with Gasteiger partial charge in [0.1, 0.15) is 12.4 Å². The standard InChI is InChI=1S/C13H20BrNO4/c1-3-7-19-13(17)15-6-4-5-12(18-2)11(15)8-10(16)9-14/h3,11-12H,1,4-9H2,2H3/t11-,12-/m1/s1. The number of methoxy groups -OCH3 is 1. The second-order valence-corrected chi connectivity index (χ2v) is 4.98. The first-order chi connectivity index (χ1) is 9.13. The van der Waals surface area contributed by atoms with Crippen LogP contribution < -0.4 is 0 Å². The maximum atomic E-state index is 12.0. The SMILES string of the molecule is C=CCOC(=O)N1CCC[C@@H](OC)[C@H]1CC(=O)CBr. The van der Waals surface area contributed by atoms with Crippen LogP contribution in [-0.4, -0.2) is 54.5 Å². The summed E-state index contributed by atoms with van der Waals surface area (Å²) >= 11 is 3.14. The number of halogens is 1. The lowest BCUT2D eigenvalue weighted by Crippen LogP contribution is -2.52. The molecule has 1 fully saturated rings. The molecule has 0 aromatic heterocycles. The summed E-state index contributed by atoms with van der Waals surface area (Å²) in [5.74, 6) is 0.0514. The molecule has 1 rings (SSSR count). The van der Waals surface area contributed by atoms with Crippen molar-refractivity contribution in [1.82, 2.24) is 4.90 Å². The Hall–Kier alpha value is -0.880. The molecule has 6 heteroatoms. The zero-order valence-corrected chi connectivity index (χ0v) is 12.7. The number of likely N-dealkylation sites (tertiary alicyclic amines) is 1. The van der Waals surface area contributed by atoms with E-state index < -0.39 is 6.09 Å². The van der Waals surface area contributed by atoms with Gasteiger partial charge in [0.25, 0.3) is 0 Å². The number of amides is 1. The highest BCUT2D eigenvalue weighted by molar-refractivity contribution is 9.09. The fraction of sp³-hybridized carbons (Fsp3) is 0.692. The summed E-state index contributed by atoms with van der Waals surface area (Å²) in [5, 5.41) is 0.287. The van der Waals surface area contributed by atoms with Crippen LogP contribution in [-0.2, 0) is 14.3 Å². The summed E-state index contributed by atoms with van der Waals surface area (Å²) in [6.07, 6.45) is 2.98. The van der Waals surface area contributed by atoms with Crippen molar-refractivity contribution in [3.05, 3.63) is 12.7 Å². The van der Waals surface area contributed by atoms with Gasteiger partial charge >= 0.3 is 6.09 Å². The van der Waals surface area contributed by atoms with E-state index >= 15 is 0 Å². The average molecular weight is 334 g/mol. The van der Waals surface area contributed by atoms with Gasteiger partial charge in [-0.2, -0.15) is 0 Å². The van der Waals surface area contributed by atoms with Crippen LogP contribution in [0.3, 0.4) is 0 Å². The second-order valence-electron chi connectivity index (χ2n) is 4.42. The van der Waals surface area contributed by atoms with Crippen LogP contribution in [0, 0.1) is 0 Å². The summed E-state index contributed by atoms with van der Waals surface area (Å²) in [7, 11) is 1.61. The van der Waals surface area contributed by atoms with Gasteiger partial charge in [0, 0.05) is 20.1 Å². The average Bonchev–Trinajstić information content (AvgIpc) is 2.44. The van der Waals surface area contributed by atoms with Gasteiger partial charge in [0.05, 0.1) is 17.5 Å². The molecule has 0 N–H and O–H groups in total. The van der Waals surface area contributed by atoms with Crippen LogP contribution in [0.4, 0.5) is 4.79 Å². The number of nitrogens with zero attached hydrogens (tertiary/aromatic N) is 1. The van der Waals surface area contributed by atoms with Crippen molar-refractivity contribution in [2.45, 2.75) is 31.4 Å². The molecule has 1 saturated heterocycles. The molecule has 1 aliphatic heterocycles. The van der Waals surface area contributed by atoms with Gasteiger partial charge in [-0.1, -0.05) is 28.6 Å². The van der Waals surface area contributed by atoms with Crippen LogP contribution in [0.5, 0.6) is 0 Å². The fourth-order valence-corrected chi connectivity index (χ4v) is 2.49. The third-order valence-electron chi connectivity index (χ3n) is 3.16. The molecule has 0 bridgehead atoms. The van der Waals surface area contributed by atoms with E-state index in [2.05, 4.69) is 22.5 Å². The molecule has 0 aliphatic carbocycles. The van der Waals surface area contributed by atoms with E-state index in [-0.39, 0.29) is 36.3 Å². The number of Topliss-reactive ketones (excluding diaryl/α,β-unsaturated/α-hetero) is 1. The first-order valence-corrected chi connectivity index (χ1v) is 7.41. The van der Waals surface area contributed by atoms with Crippen LogP contribution in [0.15, 0.2) is 12.7 Å². The lowest BCUT2D eigenvalue weighted by molar-refractivity contribution is -0.119. The predicted molar refractivity (Wildman–Crippen MR) is 75.5 cm³/mol. The Bertz CT molecular complexity index is 335. The van der Waals surface area contributed by atoms with Crippen molar-refractivity contribution in [3.63, 3.8) is 0 Å². The van der Waals surface area contributed by atoms with Gasteiger partial charge in [0.2, 0.25) is 0 Å². The highest BCUT2D eigenvalue weighted by Crippen LogP contribution is 2.24. The lowest BCUT2D eigenvalue weighted by Gasteiger charge is -2.39. The molecule has 1 aliphatic rings. The number of carbonyl (C=O) groups excluding carboxylic acids is 2. The summed E-state index contributed by atoms with van der Waals surface area (Å²) in [4.78, 5) is 25.2. The van der Waals surface area contributed by atoms with E-state index in [1.54, 1.807) is 12.0 Å². The van der Waals surface area contributed by atoms with E-state index in [0.717, 1.165) is 12.8 Å². The molecule has 19 heavy (non-hydrogen) atoms. The van der Waals surface area contributed by atoms with Crippen LogP contribution in [0.2, 0.25) is 0 Å². The monoisotopic (exact) mass is 333 g/mol. The van der Waals surface area contributed by atoms with Gasteiger partial charge in [-0.05, 0) is 12.8 Å². The molecule has 0 spiro atoms. The minimum absolute atomic E-state index is 0.0514. The first-order valence-electron chi connectivity index (χ1n) is 6.28. The molecular weight excluding hydrogens is 314 g/mol. The van der Waals surface area contributed by atoms with Crippen LogP contribution in [0.25, 0.3) is 0 Å². The van der Waals surface area contributed by atoms with E-state index in [4.69, 9.17) is 9.47 Å². The minimum Gasteiger partial charge on any atom is -0.445 e. The van der Waals surface area contributed by atoms with E-state index in [0.29, 0.717) is 6.54 Å². The van der Waals surface area contributed by atoms with Gasteiger partial charge < -0.3 is 14.4 Å². The number of carbonyl (C=O) groups is 2. The Morgan fingerprint density at radius 2 is 2.26 bits per heavy atom. The van der Waals surface area contributed by atoms with Gasteiger partial charge in [-0.3, -0.25) is 4.79 Å². The molecule has 0 aromatic carbocycles. The summed E-state index contributed by atoms with van der Waals surface area (Å²) in [6, 6.07) is -0.249. The number of alkyl halides is 1. The van der Waals surface area contributed by atoms with Gasteiger partial charge in [0.15, 0.2) is 0 Å². The molecule has 1 heterocycles. The highest BCUT2D eigenvalue weighted by atomic mass is 79.9. The molecule has 108 valence electrons. The molecule has 1 amide bonds. The Balaban J connectivity index is 2.75. The van der Waals surface area contributed by atoms with Gasteiger partial charge in [-0.25, -0.2) is 4.79 Å². The number of ketones is 1. The van der Waals surface area contributed by atoms with Crippen LogP contribution >= 0.6 is 15.9 Å². The van der Waals surface area contributed by atoms with E-state index in [1.807, 2.05) is 0 Å². The molecule has 2 atom stereocenters. The van der Waals surface area contributed by atoms with Crippen molar-refractivity contribution in [3.8, 4) is 0 Å². The minimum atomic E-state index is -0.408. The summed E-state index contributed by atoms with van der Waals surface area (Å²) in [6.45, 7) is 4.27. The fourth-order valence-electron chi connectivity index (χ4n) is 2.27. The Morgan fingerprint density at radius 1 is 1.53 bits per heavy atom. The van der Waals surface area contributed by atoms with Crippen molar-refractivity contribution < 1.29 is 19.1 Å². The maximum absolute atomic E-state index is 12.0. The Kier molecular flexibility index (Phi) is 7.09. The smallest absolute Gasteiger partial charge is 0.410 e. The quantitative estimate of drug-likeness (QED) is 0.552. The largest absolute Gasteiger partial charge is 0.445 e. The molecule has 5 nitrogen and oxygen atoms in total. The third-order valence-corrected chi connectivity index (χ3v) is 3.79. The van der Waals surface area contributed by atoms with Crippen molar-refractivity contribution in [1.29, 1.82) is 0 Å². The number of hydrogen-bond donors (Lipinski definition) is 0. The van der Waals surface area contributed by atoms with Crippen molar-refractivity contribution in [2.24, 2.45) is 0 Å². The molecule has 0 saturated carbocycles. The Labute approximate surface area is 122 Å².